The van der Waals surface area contributed by atoms with Gasteiger partial charge in [-0.05, 0) is 32.9 Å². The van der Waals surface area contributed by atoms with E-state index >= 15 is 0 Å². The van der Waals surface area contributed by atoms with Gasteiger partial charge in [-0.2, -0.15) is 0 Å². The molecule has 0 heterocycles. The first-order chi connectivity index (χ1) is 8.07. The predicted molar refractivity (Wildman–Crippen MR) is 67.4 cm³/mol. The Kier molecular flexibility index (Phi) is 4.66. The number of hydrogen-bond donors (Lipinski definition) is 1. The van der Waals surface area contributed by atoms with Crippen LogP contribution >= 0.6 is 15.9 Å². The maximum atomic E-state index is 12.3. The number of alkyl halides is 3. The summed E-state index contributed by atoms with van der Waals surface area (Å²) in [5.74, 6) is -0.186. The highest BCUT2D eigenvalue weighted by atomic mass is 79.9. The molecular weight excluding hydrogens is 311 g/mol. The monoisotopic (exact) mass is 325 g/mol. The highest BCUT2D eigenvalue weighted by Crippen LogP contribution is 2.29. The number of ether oxygens (including phenoxy) is 1. The van der Waals surface area contributed by atoms with Gasteiger partial charge >= 0.3 is 6.36 Å². The fraction of sp³-hybridized carbons (Fsp3) is 0.500. The van der Waals surface area contributed by atoms with E-state index in [1.54, 1.807) is 12.1 Å². The molecular formula is C12H15BrF3NO. The van der Waals surface area contributed by atoms with Crippen molar-refractivity contribution in [2.75, 3.05) is 0 Å². The molecule has 1 aromatic rings. The third kappa shape index (κ3) is 5.73. The molecule has 6 heteroatoms. The van der Waals surface area contributed by atoms with Crippen LogP contribution in [-0.4, -0.2) is 11.9 Å². The van der Waals surface area contributed by atoms with Crippen LogP contribution in [0.1, 0.15) is 26.3 Å². The molecule has 2 nitrogen and oxygen atoms in total. The second kappa shape index (κ2) is 5.48. The van der Waals surface area contributed by atoms with E-state index in [0.29, 0.717) is 16.6 Å². The van der Waals surface area contributed by atoms with Gasteiger partial charge in [0.05, 0.1) is 0 Å². The highest BCUT2D eigenvalue weighted by Gasteiger charge is 2.32. The number of benzene rings is 1. The van der Waals surface area contributed by atoms with E-state index in [2.05, 4.69) is 26.0 Å². The van der Waals surface area contributed by atoms with E-state index in [1.165, 1.54) is 6.07 Å². The molecule has 1 rings (SSSR count). The molecule has 0 atom stereocenters. The summed E-state index contributed by atoms with van der Waals surface area (Å²) >= 11 is 3.13. The molecule has 0 amide bonds. The maximum absolute atomic E-state index is 12.3. The van der Waals surface area contributed by atoms with Crippen molar-refractivity contribution in [2.24, 2.45) is 0 Å². The normalized spacial score (nSPS) is 12.6. The summed E-state index contributed by atoms with van der Waals surface area (Å²) in [5.41, 5.74) is 0.285. The number of hydrogen-bond acceptors (Lipinski definition) is 2. The van der Waals surface area contributed by atoms with Gasteiger partial charge in [-0.25, -0.2) is 0 Å². The minimum Gasteiger partial charge on any atom is -0.405 e. The lowest BCUT2D eigenvalue weighted by atomic mass is 10.1. The zero-order valence-electron chi connectivity index (χ0n) is 10.4. The standard InChI is InChI=1S/C12H15BrF3NO/c1-11(2,3)17-7-8-4-5-9(13)6-10(8)18-12(14,15)16/h4-6,17H,7H2,1-3H3. The molecule has 0 saturated carbocycles. The number of nitrogens with one attached hydrogen (secondary N) is 1. The van der Waals surface area contributed by atoms with Gasteiger partial charge in [0.25, 0.3) is 0 Å². The smallest absolute Gasteiger partial charge is 0.405 e. The molecule has 0 aliphatic carbocycles. The van der Waals surface area contributed by atoms with E-state index in [0.717, 1.165) is 0 Å². The summed E-state index contributed by atoms with van der Waals surface area (Å²) in [7, 11) is 0. The van der Waals surface area contributed by atoms with E-state index in [-0.39, 0.29) is 11.3 Å². The summed E-state index contributed by atoms with van der Waals surface area (Å²) in [5, 5.41) is 3.12. The lowest BCUT2D eigenvalue weighted by molar-refractivity contribution is -0.274. The second-order valence-corrected chi connectivity index (χ2v) is 5.82. The van der Waals surface area contributed by atoms with Crippen LogP contribution in [0.15, 0.2) is 22.7 Å². The average Bonchev–Trinajstić information content (AvgIpc) is 2.12. The molecule has 0 aliphatic heterocycles. The third-order valence-corrected chi connectivity index (χ3v) is 2.56. The minimum absolute atomic E-state index is 0.178. The van der Waals surface area contributed by atoms with Crippen molar-refractivity contribution in [3.05, 3.63) is 28.2 Å². The SMILES string of the molecule is CC(C)(C)NCc1ccc(Br)cc1OC(F)(F)F. The molecule has 1 N–H and O–H groups in total. The van der Waals surface area contributed by atoms with Gasteiger partial charge in [0.1, 0.15) is 5.75 Å². The van der Waals surface area contributed by atoms with Crippen LogP contribution in [0.4, 0.5) is 13.2 Å². The highest BCUT2D eigenvalue weighted by molar-refractivity contribution is 9.10. The van der Waals surface area contributed by atoms with Crippen LogP contribution in [0, 0.1) is 0 Å². The molecule has 0 radical (unpaired) electrons. The Labute approximate surface area is 113 Å². The van der Waals surface area contributed by atoms with Gasteiger partial charge in [0.15, 0.2) is 0 Å². The van der Waals surface area contributed by atoms with Crippen LogP contribution in [-0.2, 0) is 6.54 Å². The van der Waals surface area contributed by atoms with Crippen LogP contribution in [0.25, 0.3) is 0 Å². The molecule has 0 unspecified atom stereocenters. The Bertz CT molecular complexity index is 413. The van der Waals surface area contributed by atoms with E-state index < -0.39 is 6.36 Å². The Morgan fingerprint density at radius 2 is 1.83 bits per heavy atom. The summed E-state index contributed by atoms with van der Waals surface area (Å²) in [6.45, 7) is 6.13. The average molecular weight is 326 g/mol. The first-order valence-electron chi connectivity index (χ1n) is 5.36. The molecule has 0 aliphatic rings. The molecule has 102 valence electrons. The van der Waals surface area contributed by atoms with Gasteiger partial charge in [-0.3, -0.25) is 0 Å². The van der Waals surface area contributed by atoms with Crippen molar-refractivity contribution in [1.82, 2.24) is 5.32 Å². The Balaban J connectivity index is 2.90. The van der Waals surface area contributed by atoms with Crippen LogP contribution < -0.4 is 10.1 Å². The maximum Gasteiger partial charge on any atom is 0.573 e. The fourth-order valence-corrected chi connectivity index (χ4v) is 1.59. The topological polar surface area (TPSA) is 21.3 Å². The van der Waals surface area contributed by atoms with E-state index in [9.17, 15) is 13.2 Å². The van der Waals surface area contributed by atoms with Crippen molar-refractivity contribution in [3.8, 4) is 5.75 Å². The Morgan fingerprint density at radius 1 is 1.22 bits per heavy atom. The number of halogens is 4. The largest absolute Gasteiger partial charge is 0.573 e. The molecule has 1 aromatic carbocycles. The summed E-state index contributed by atoms with van der Waals surface area (Å²) in [6, 6.07) is 4.60. The first-order valence-corrected chi connectivity index (χ1v) is 6.15. The van der Waals surface area contributed by atoms with Crippen molar-refractivity contribution in [3.63, 3.8) is 0 Å². The Hall–Kier alpha value is -0.750. The van der Waals surface area contributed by atoms with E-state index in [4.69, 9.17) is 0 Å². The third-order valence-electron chi connectivity index (χ3n) is 2.06. The fourth-order valence-electron chi connectivity index (χ4n) is 1.25. The summed E-state index contributed by atoms with van der Waals surface area (Å²) < 4.78 is 41.4. The van der Waals surface area contributed by atoms with Gasteiger partial charge in [0, 0.05) is 22.1 Å². The van der Waals surface area contributed by atoms with Crippen LogP contribution in [0.2, 0.25) is 0 Å². The molecule has 0 bridgehead atoms. The van der Waals surface area contributed by atoms with Crippen LogP contribution in [0.3, 0.4) is 0 Å². The quantitative estimate of drug-likeness (QED) is 0.897. The molecule has 0 spiro atoms. The van der Waals surface area contributed by atoms with E-state index in [1.807, 2.05) is 20.8 Å². The van der Waals surface area contributed by atoms with Crippen molar-refractivity contribution >= 4 is 15.9 Å². The van der Waals surface area contributed by atoms with Gasteiger partial charge in [-0.1, -0.05) is 22.0 Å². The predicted octanol–water partition coefficient (Wildman–Crippen LogP) is 4.24. The minimum atomic E-state index is -4.68. The van der Waals surface area contributed by atoms with Crippen molar-refractivity contribution in [2.45, 2.75) is 39.2 Å². The van der Waals surface area contributed by atoms with Gasteiger partial charge in [-0.15, -0.1) is 13.2 Å². The molecule has 0 aromatic heterocycles. The van der Waals surface area contributed by atoms with Crippen LogP contribution in [0.5, 0.6) is 5.75 Å². The summed E-state index contributed by atoms with van der Waals surface area (Å²) in [6.07, 6.45) is -4.68. The Morgan fingerprint density at radius 3 is 2.33 bits per heavy atom. The van der Waals surface area contributed by atoms with Crippen molar-refractivity contribution in [1.29, 1.82) is 0 Å². The lowest BCUT2D eigenvalue weighted by Crippen LogP contribution is -2.35. The second-order valence-electron chi connectivity index (χ2n) is 4.90. The lowest BCUT2D eigenvalue weighted by Gasteiger charge is -2.22. The summed E-state index contributed by atoms with van der Waals surface area (Å²) in [4.78, 5) is 0. The zero-order chi connectivity index (χ0) is 14.0. The molecule has 0 fully saturated rings. The van der Waals surface area contributed by atoms with Gasteiger partial charge < -0.3 is 10.1 Å². The molecule has 18 heavy (non-hydrogen) atoms. The molecule has 0 saturated heterocycles. The first kappa shape index (κ1) is 15.3. The van der Waals surface area contributed by atoms with Gasteiger partial charge in [0.2, 0.25) is 0 Å². The van der Waals surface area contributed by atoms with Crippen molar-refractivity contribution < 1.29 is 17.9 Å². The zero-order valence-corrected chi connectivity index (χ0v) is 11.9. The number of rotatable bonds is 3.